The molecule has 0 unspecified atom stereocenters. The van der Waals surface area contributed by atoms with Crippen LogP contribution in [0.3, 0.4) is 0 Å². The molecule has 19 heavy (non-hydrogen) atoms. The van der Waals surface area contributed by atoms with Crippen LogP contribution in [0.15, 0.2) is 53.4 Å². The van der Waals surface area contributed by atoms with Gasteiger partial charge in [-0.25, -0.2) is 0 Å². The van der Waals surface area contributed by atoms with Gasteiger partial charge in [-0.15, -0.1) is 11.8 Å². The van der Waals surface area contributed by atoms with Crippen molar-refractivity contribution in [3.05, 3.63) is 59.7 Å². The van der Waals surface area contributed by atoms with Crippen LogP contribution in [0.25, 0.3) is 0 Å². The Labute approximate surface area is 117 Å². The largest absolute Gasteiger partial charge is 0.497 e. The molecule has 0 aliphatic heterocycles. The molecule has 0 aliphatic carbocycles. The maximum absolute atomic E-state index is 12.3. The molecule has 0 atom stereocenters. The number of thioether (sulfide) groups is 1. The predicted octanol–water partition coefficient (Wildman–Crippen LogP) is 3.84. The van der Waals surface area contributed by atoms with Gasteiger partial charge in [0.05, 0.1) is 7.11 Å². The molecule has 0 bridgehead atoms. The van der Waals surface area contributed by atoms with Crippen molar-refractivity contribution >= 4 is 17.5 Å². The van der Waals surface area contributed by atoms with Crippen LogP contribution >= 0.6 is 11.8 Å². The van der Waals surface area contributed by atoms with E-state index >= 15 is 0 Å². The number of benzene rings is 2. The van der Waals surface area contributed by atoms with E-state index in [-0.39, 0.29) is 5.78 Å². The Morgan fingerprint density at radius 3 is 2.42 bits per heavy atom. The summed E-state index contributed by atoms with van der Waals surface area (Å²) < 4.78 is 5.11. The van der Waals surface area contributed by atoms with Crippen LogP contribution in [-0.4, -0.2) is 19.1 Å². The van der Waals surface area contributed by atoms with E-state index in [2.05, 4.69) is 0 Å². The Kier molecular flexibility index (Phi) is 4.63. The van der Waals surface area contributed by atoms with Gasteiger partial charge in [0.2, 0.25) is 0 Å². The molecule has 0 aliphatic rings. The number of ether oxygens (including phenoxy) is 1. The maximum Gasteiger partial charge on any atom is 0.168 e. The third kappa shape index (κ3) is 3.38. The molecule has 0 aromatic heterocycles. The number of hydrogen-bond donors (Lipinski definition) is 0. The zero-order chi connectivity index (χ0) is 13.7. The Hall–Kier alpha value is -1.74. The van der Waals surface area contributed by atoms with E-state index in [1.165, 1.54) is 0 Å². The van der Waals surface area contributed by atoms with Crippen LogP contribution in [0, 0.1) is 0 Å². The van der Waals surface area contributed by atoms with Crippen LogP contribution in [0.4, 0.5) is 0 Å². The van der Waals surface area contributed by atoms with Crippen molar-refractivity contribution < 1.29 is 9.53 Å². The quantitative estimate of drug-likeness (QED) is 0.611. The van der Waals surface area contributed by atoms with E-state index in [1.54, 1.807) is 18.9 Å². The van der Waals surface area contributed by atoms with Crippen LogP contribution < -0.4 is 4.74 Å². The fraction of sp³-hybridized carbons (Fsp3) is 0.188. The number of methoxy groups -OCH3 is 1. The zero-order valence-corrected chi connectivity index (χ0v) is 11.9. The van der Waals surface area contributed by atoms with Gasteiger partial charge in [-0.3, -0.25) is 4.79 Å². The van der Waals surface area contributed by atoms with Crippen molar-refractivity contribution in [2.45, 2.75) is 11.3 Å². The average molecular weight is 272 g/mol. The topological polar surface area (TPSA) is 26.3 Å². The Morgan fingerprint density at radius 2 is 1.79 bits per heavy atom. The van der Waals surface area contributed by atoms with E-state index < -0.39 is 0 Å². The second-order valence-electron chi connectivity index (χ2n) is 4.15. The van der Waals surface area contributed by atoms with Crippen molar-refractivity contribution in [2.24, 2.45) is 0 Å². The lowest BCUT2D eigenvalue weighted by Crippen LogP contribution is -2.04. The highest BCUT2D eigenvalue weighted by atomic mass is 32.2. The highest BCUT2D eigenvalue weighted by molar-refractivity contribution is 7.98. The Balaban J connectivity index is 2.16. The molecule has 0 amide bonds. The third-order valence-corrected chi connectivity index (χ3v) is 3.73. The standard InChI is InChI=1S/C16H16O2S/c1-18-13-9-7-12(8-10-13)11-15(17)14-5-3-4-6-16(14)19-2/h3-10H,11H2,1-2H3. The molecule has 2 nitrogen and oxygen atoms in total. The van der Waals surface area contributed by atoms with Crippen LogP contribution in [0.1, 0.15) is 15.9 Å². The summed E-state index contributed by atoms with van der Waals surface area (Å²) in [7, 11) is 1.63. The Bertz CT molecular complexity index is 561. The van der Waals surface area contributed by atoms with Gasteiger partial charge in [0.1, 0.15) is 5.75 Å². The van der Waals surface area contributed by atoms with Crippen molar-refractivity contribution in [3.63, 3.8) is 0 Å². The molecule has 0 fully saturated rings. The van der Waals surface area contributed by atoms with E-state index in [1.807, 2.05) is 54.8 Å². The fourth-order valence-electron chi connectivity index (χ4n) is 1.90. The van der Waals surface area contributed by atoms with Crippen LogP contribution in [0.5, 0.6) is 5.75 Å². The van der Waals surface area contributed by atoms with Gasteiger partial charge in [-0.05, 0) is 30.0 Å². The number of ketones is 1. The minimum Gasteiger partial charge on any atom is -0.497 e. The first-order chi connectivity index (χ1) is 9.24. The predicted molar refractivity (Wildman–Crippen MR) is 79.3 cm³/mol. The first kappa shape index (κ1) is 13.7. The monoisotopic (exact) mass is 272 g/mol. The van der Waals surface area contributed by atoms with Gasteiger partial charge in [-0.1, -0.05) is 30.3 Å². The number of Topliss-reactive ketones (excluding diaryl/α,β-unsaturated/α-hetero) is 1. The summed E-state index contributed by atoms with van der Waals surface area (Å²) in [6.07, 6.45) is 2.40. The number of carbonyl (C=O) groups excluding carboxylic acids is 1. The second-order valence-corrected chi connectivity index (χ2v) is 5.00. The lowest BCUT2D eigenvalue weighted by molar-refractivity contribution is 0.0990. The summed E-state index contributed by atoms with van der Waals surface area (Å²) in [6, 6.07) is 15.3. The number of hydrogen-bond acceptors (Lipinski definition) is 3. The molecule has 0 saturated carbocycles. The molecular formula is C16H16O2S. The highest BCUT2D eigenvalue weighted by Crippen LogP contribution is 2.22. The molecule has 2 rings (SSSR count). The maximum atomic E-state index is 12.3. The fourth-order valence-corrected chi connectivity index (χ4v) is 2.52. The molecule has 2 aromatic carbocycles. The van der Waals surface area contributed by atoms with Gasteiger partial charge in [-0.2, -0.15) is 0 Å². The summed E-state index contributed by atoms with van der Waals surface area (Å²) in [5, 5.41) is 0. The van der Waals surface area contributed by atoms with E-state index in [0.29, 0.717) is 6.42 Å². The van der Waals surface area contributed by atoms with Gasteiger partial charge >= 0.3 is 0 Å². The summed E-state index contributed by atoms with van der Waals surface area (Å²) in [5.74, 6) is 0.954. The van der Waals surface area contributed by atoms with Gasteiger partial charge < -0.3 is 4.74 Å². The lowest BCUT2D eigenvalue weighted by atomic mass is 10.0. The van der Waals surface area contributed by atoms with Gasteiger partial charge in [0.25, 0.3) is 0 Å². The number of rotatable bonds is 5. The van der Waals surface area contributed by atoms with Crippen molar-refractivity contribution in [1.82, 2.24) is 0 Å². The second kappa shape index (κ2) is 6.43. The number of carbonyl (C=O) groups is 1. The molecular weight excluding hydrogens is 256 g/mol. The summed E-state index contributed by atoms with van der Waals surface area (Å²) >= 11 is 1.60. The van der Waals surface area contributed by atoms with E-state index in [0.717, 1.165) is 21.8 Å². The van der Waals surface area contributed by atoms with Crippen LogP contribution in [0.2, 0.25) is 0 Å². The lowest BCUT2D eigenvalue weighted by Gasteiger charge is -2.07. The first-order valence-electron chi connectivity index (χ1n) is 6.03. The summed E-state index contributed by atoms with van der Waals surface area (Å²) in [4.78, 5) is 13.3. The molecule has 0 N–H and O–H groups in total. The van der Waals surface area contributed by atoms with Gasteiger partial charge in [0, 0.05) is 16.9 Å². The highest BCUT2D eigenvalue weighted by Gasteiger charge is 2.11. The molecule has 0 radical (unpaired) electrons. The minimum absolute atomic E-state index is 0.148. The van der Waals surface area contributed by atoms with Crippen molar-refractivity contribution in [2.75, 3.05) is 13.4 Å². The van der Waals surface area contributed by atoms with E-state index in [9.17, 15) is 4.79 Å². The summed E-state index contributed by atoms with van der Waals surface area (Å²) in [6.45, 7) is 0. The molecule has 0 saturated heterocycles. The normalized spacial score (nSPS) is 10.2. The smallest absolute Gasteiger partial charge is 0.168 e. The van der Waals surface area contributed by atoms with Crippen LogP contribution in [-0.2, 0) is 6.42 Å². The molecule has 0 spiro atoms. The Morgan fingerprint density at radius 1 is 1.11 bits per heavy atom. The summed E-state index contributed by atoms with van der Waals surface area (Å²) in [5.41, 5.74) is 1.80. The van der Waals surface area contributed by atoms with Gasteiger partial charge in [0.15, 0.2) is 5.78 Å². The zero-order valence-electron chi connectivity index (χ0n) is 11.1. The average Bonchev–Trinajstić information content (AvgIpc) is 2.48. The molecule has 3 heteroatoms. The molecule has 98 valence electrons. The first-order valence-corrected chi connectivity index (χ1v) is 7.26. The third-order valence-electron chi connectivity index (χ3n) is 2.93. The van der Waals surface area contributed by atoms with E-state index in [4.69, 9.17) is 4.74 Å². The molecule has 2 aromatic rings. The van der Waals surface area contributed by atoms with Crippen molar-refractivity contribution in [3.8, 4) is 5.75 Å². The van der Waals surface area contributed by atoms with Crippen molar-refractivity contribution in [1.29, 1.82) is 0 Å². The molecule has 0 heterocycles. The SMILES string of the molecule is COc1ccc(CC(=O)c2ccccc2SC)cc1. The minimum atomic E-state index is 0.148.